The largest absolute Gasteiger partial charge is 0.493 e. The molecule has 1 aromatic heterocycles. The van der Waals surface area contributed by atoms with Gasteiger partial charge in [0.15, 0.2) is 0 Å². The van der Waals surface area contributed by atoms with Crippen LogP contribution in [0.5, 0.6) is 5.88 Å². The lowest BCUT2D eigenvalue weighted by Crippen LogP contribution is -2.28. The van der Waals surface area contributed by atoms with Gasteiger partial charge in [0.2, 0.25) is 5.88 Å². The third kappa shape index (κ3) is 2.94. The number of carbonyl (C=O) groups excluding carboxylic acids is 1. The van der Waals surface area contributed by atoms with Crippen molar-refractivity contribution < 1.29 is 9.90 Å². The Kier molecular flexibility index (Phi) is 4.41. The number of halogens is 3. The second-order valence-corrected chi connectivity index (χ2v) is 6.16. The van der Waals surface area contributed by atoms with E-state index < -0.39 is 17.5 Å². The molecule has 0 spiro atoms. The van der Waals surface area contributed by atoms with Gasteiger partial charge in [0.25, 0.3) is 5.91 Å². The molecule has 2 aromatic carbocycles. The average molecular weight is 384 g/mol. The van der Waals surface area contributed by atoms with Gasteiger partial charge in [-0.25, -0.2) is 4.79 Å². The summed E-state index contributed by atoms with van der Waals surface area (Å²) in [7, 11) is 0. The molecule has 0 amide bonds. The van der Waals surface area contributed by atoms with Gasteiger partial charge in [0.1, 0.15) is 0 Å². The zero-order chi connectivity index (χ0) is 17.4. The van der Waals surface area contributed by atoms with Crippen LogP contribution in [0.25, 0.3) is 5.69 Å². The van der Waals surface area contributed by atoms with Gasteiger partial charge in [0.05, 0.1) is 22.5 Å². The van der Waals surface area contributed by atoms with Gasteiger partial charge in [-0.05, 0) is 42.5 Å². The van der Waals surface area contributed by atoms with Crippen LogP contribution in [-0.4, -0.2) is 20.1 Å². The molecule has 0 bridgehead atoms. The number of hydrogen-bond acceptors (Lipinski definition) is 3. The maximum absolute atomic E-state index is 12.6. The first-order chi connectivity index (χ1) is 11.4. The van der Waals surface area contributed by atoms with Crippen molar-refractivity contribution in [3.63, 3.8) is 0 Å². The predicted molar refractivity (Wildman–Crippen MR) is 92.9 cm³/mol. The Morgan fingerprint density at radius 3 is 2.25 bits per heavy atom. The van der Waals surface area contributed by atoms with Gasteiger partial charge in [-0.2, -0.15) is 4.57 Å². The maximum atomic E-state index is 12.6. The molecule has 5 nitrogen and oxygen atoms in total. The van der Waals surface area contributed by atoms with Crippen molar-refractivity contribution in [3.05, 3.63) is 79.8 Å². The first-order valence-corrected chi connectivity index (χ1v) is 7.81. The Balaban J connectivity index is 2.13. The van der Waals surface area contributed by atoms with E-state index in [1.54, 1.807) is 24.3 Å². The van der Waals surface area contributed by atoms with Crippen molar-refractivity contribution in [2.75, 3.05) is 0 Å². The third-order valence-electron chi connectivity index (χ3n) is 3.34. The van der Waals surface area contributed by atoms with Crippen molar-refractivity contribution >= 4 is 40.7 Å². The lowest BCUT2D eigenvalue weighted by Gasteiger charge is -2.05. The van der Waals surface area contributed by atoms with E-state index in [1.807, 2.05) is 0 Å². The van der Waals surface area contributed by atoms with Crippen LogP contribution in [0.4, 0.5) is 0 Å². The molecular weight excluding hydrogens is 375 g/mol. The first kappa shape index (κ1) is 16.6. The lowest BCUT2D eigenvalue weighted by atomic mass is 10.2. The molecule has 8 heteroatoms. The highest BCUT2D eigenvalue weighted by Crippen LogP contribution is 2.23. The smallest absolute Gasteiger partial charge is 0.342 e. The van der Waals surface area contributed by atoms with Crippen molar-refractivity contribution in [1.82, 2.24) is 9.13 Å². The summed E-state index contributed by atoms with van der Waals surface area (Å²) >= 11 is 17.7. The van der Waals surface area contributed by atoms with Crippen LogP contribution >= 0.6 is 34.8 Å². The summed E-state index contributed by atoms with van der Waals surface area (Å²) in [5.74, 6) is -1.30. The van der Waals surface area contributed by atoms with Crippen molar-refractivity contribution in [3.8, 4) is 11.6 Å². The Bertz CT molecular complexity index is 991. The molecule has 3 rings (SSSR count). The van der Waals surface area contributed by atoms with Gasteiger partial charge < -0.3 is 5.11 Å². The fourth-order valence-corrected chi connectivity index (χ4v) is 2.69. The first-order valence-electron chi connectivity index (χ1n) is 6.67. The topological polar surface area (TPSA) is 64.2 Å². The number of nitrogens with zero attached hydrogens (tertiary/aromatic N) is 2. The van der Waals surface area contributed by atoms with Gasteiger partial charge in [-0.15, -0.1) is 0 Å². The minimum Gasteiger partial charge on any atom is -0.493 e. The van der Waals surface area contributed by atoms with Crippen molar-refractivity contribution in [2.45, 2.75) is 0 Å². The molecule has 1 N–H and O–H groups in total. The number of imidazole rings is 1. The van der Waals surface area contributed by atoms with Gasteiger partial charge in [-0.3, -0.25) is 9.36 Å². The molecule has 0 saturated heterocycles. The Hall–Kier alpha value is -2.21. The van der Waals surface area contributed by atoms with E-state index in [9.17, 15) is 14.7 Å². The van der Waals surface area contributed by atoms with E-state index in [0.717, 1.165) is 10.8 Å². The quantitative estimate of drug-likeness (QED) is 0.727. The van der Waals surface area contributed by atoms with Crippen LogP contribution in [0.15, 0.2) is 53.5 Å². The Morgan fingerprint density at radius 2 is 1.58 bits per heavy atom. The standard InChI is InChI=1S/C16H9Cl3N2O3/c17-9-1-4-11(5-2-9)20-8-14(22)21(16(20)24)15(23)12-7-10(18)3-6-13(12)19/h1-8,22H. The summed E-state index contributed by atoms with van der Waals surface area (Å²) < 4.78 is 1.74. The summed E-state index contributed by atoms with van der Waals surface area (Å²) in [6.07, 6.45) is 1.14. The summed E-state index contributed by atoms with van der Waals surface area (Å²) in [5.41, 5.74) is -0.283. The summed E-state index contributed by atoms with van der Waals surface area (Å²) in [5, 5.41) is 10.9. The predicted octanol–water partition coefficient (Wildman–Crippen LogP) is 3.99. The molecule has 0 radical (unpaired) electrons. The summed E-state index contributed by atoms with van der Waals surface area (Å²) in [6.45, 7) is 0. The molecule has 3 aromatic rings. The van der Waals surface area contributed by atoms with E-state index in [-0.39, 0.29) is 15.6 Å². The fourth-order valence-electron chi connectivity index (χ4n) is 2.19. The minimum atomic E-state index is -0.780. The molecular formula is C16H9Cl3N2O3. The van der Waals surface area contributed by atoms with E-state index in [0.29, 0.717) is 15.3 Å². The summed E-state index contributed by atoms with van der Waals surface area (Å²) in [6, 6.07) is 10.6. The zero-order valence-electron chi connectivity index (χ0n) is 11.9. The number of carbonyl (C=O) groups is 1. The van der Waals surface area contributed by atoms with E-state index in [1.165, 1.54) is 18.2 Å². The van der Waals surface area contributed by atoms with E-state index in [4.69, 9.17) is 34.8 Å². The van der Waals surface area contributed by atoms with Crippen LogP contribution in [-0.2, 0) is 0 Å². The monoisotopic (exact) mass is 382 g/mol. The number of aromatic nitrogens is 2. The SMILES string of the molecule is O=C(c1cc(Cl)ccc1Cl)n1c(O)cn(-c2ccc(Cl)cc2)c1=O. The molecule has 0 fully saturated rings. The maximum Gasteiger partial charge on any atom is 0.342 e. The number of hydrogen-bond donors (Lipinski definition) is 1. The Morgan fingerprint density at radius 1 is 0.958 bits per heavy atom. The lowest BCUT2D eigenvalue weighted by molar-refractivity contribution is 0.0947. The number of aromatic hydroxyl groups is 1. The van der Waals surface area contributed by atoms with E-state index >= 15 is 0 Å². The van der Waals surface area contributed by atoms with Crippen LogP contribution in [0.3, 0.4) is 0 Å². The second kappa shape index (κ2) is 6.36. The highest BCUT2D eigenvalue weighted by atomic mass is 35.5. The molecule has 1 heterocycles. The highest BCUT2D eigenvalue weighted by molar-refractivity contribution is 6.35. The number of benzene rings is 2. The molecule has 0 aliphatic heterocycles. The highest BCUT2D eigenvalue weighted by Gasteiger charge is 2.21. The normalized spacial score (nSPS) is 10.8. The van der Waals surface area contributed by atoms with Crippen LogP contribution in [0.2, 0.25) is 15.1 Å². The Labute approximate surface area is 151 Å². The molecule has 122 valence electrons. The van der Waals surface area contributed by atoms with Crippen LogP contribution in [0.1, 0.15) is 10.4 Å². The van der Waals surface area contributed by atoms with E-state index in [2.05, 4.69) is 0 Å². The molecule has 0 unspecified atom stereocenters. The van der Waals surface area contributed by atoms with Gasteiger partial charge >= 0.3 is 5.69 Å². The molecule has 0 saturated carbocycles. The number of rotatable bonds is 2. The second-order valence-electron chi connectivity index (χ2n) is 4.88. The van der Waals surface area contributed by atoms with Crippen LogP contribution < -0.4 is 5.69 Å². The average Bonchev–Trinajstić information content (AvgIpc) is 2.84. The van der Waals surface area contributed by atoms with Gasteiger partial charge in [-0.1, -0.05) is 34.8 Å². The zero-order valence-corrected chi connectivity index (χ0v) is 14.2. The van der Waals surface area contributed by atoms with Crippen molar-refractivity contribution in [1.29, 1.82) is 0 Å². The van der Waals surface area contributed by atoms with Crippen molar-refractivity contribution in [2.24, 2.45) is 0 Å². The third-order valence-corrected chi connectivity index (χ3v) is 4.15. The molecule has 0 aliphatic carbocycles. The van der Waals surface area contributed by atoms with Gasteiger partial charge in [0, 0.05) is 10.0 Å². The minimum absolute atomic E-state index is 0.00965. The summed E-state index contributed by atoms with van der Waals surface area (Å²) in [4.78, 5) is 25.1. The molecule has 24 heavy (non-hydrogen) atoms. The fraction of sp³-hybridized carbons (Fsp3) is 0. The molecule has 0 aliphatic rings. The van der Waals surface area contributed by atoms with Crippen LogP contribution in [0, 0.1) is 0 Å². The molecule has 0 atom stereocenters.